The van der Waals surface area contributed by atoms with Crippen molar-refractivity contribution in [3.63, 3.8) is 0 Å². The molecule has 0 fully saturated rings. The molecule has 108 valence electrons. The molecule has 0 aliphatic carbocycles. The second-order valence-corrected chi connectivity index (χ2v) is 3.97. The van der Waals surface area contributed by atoms with E-state index in [2.05, 4.69) is 25.6 Å². The number of hydrogen-bond donors (Lipinski definition) is 3. The molecule has 1 heterocycles. The van der Waals surface area contributed by atoms with Crippen LogP contribution in [0.25, 0.3) is 0 Å². The molecule has 0 unspecified atom stereocenters. The van der Waals surface area contributed by atoms with Crippen molar-refractivity contribution in [3.8, 4) is 0 Å². The van der Waals surface area contributed by atoms with E-state index >= 15 is 0 Å². The van der Waals surface area contributed by atoms with Gasteiger partial charge in [0.1, 0.15) is 0 Å². The molecule has 1 aromatic rings. The monoisotopic (exact) mass is 270 g/mol. The van der Waals surface area contributed by atoms with Crippen molar-refractivity contribution in [1.82, 2.24) is 15.0 Å². The lowest BCUT2D eigenvalue weighted by molar-refractivity contribution is 0.0991. The molecule has 19 heavy (non-hydrogen) atoms. The first-order valence-electron chi connectivity index (χ1n) is 6.27. The molecule has 0 saturated heterocycles. The molecule has 0 radical (unpaired) electrons. The fraction of sp³-hybridized carbons (Fsp3) is 0.727. The van der Waals surface area contributed by atoms with Crippen LogP contribution in [0.5, 0.6) is 0 Å². The fourth-order valence-electron chi connectivity index (χ4n) is 1.28. The second kappa shape index (κ2) is 8.44. The van der Waals surface area contributed by atoms with Crippen LogP contribution in [0.2, 0.25) is 0 Å². The Kier molecular flexibility index (Phi) is 6.83. The molecular weight excluding hydrogens is 248 g/mol. The van der Waals surface area contributed by atoms with Gasteiger partial charge in [0.15, 0.2) is 0 Å². The second-order valence-electron chi connectivity index (χ2n) is 3.97. The van der Waals surface area contributed by atoms with Crippen molar-refractivity contribution in [1.29, 1.82) is 0 Å². The maximum absolute atomic E-state index is 8.58. The third-order valence-corrected chi connectivity index (χ3v) is 2.12. The maximum Gasteiger partial charge on any atom is 0.231 e. The number of aliphatic hydroxyl groups is 1. The zero-order chi connectivity index (χ0) is 14.1. The van der Waals surface area contributed by atoms with Crippen LogP contribution in [0.1, 0.15) is 6.92 Å². The minimum atomic E-state index is 0.0289. The molecular formula is C11H22N6O2. The number of ether oxygens (including phenoxy) is 1. The largest absolute Gasteiger partial charge is 0.394 e. The summed E-state index contributed by atoms with van der Waals surface area (Å²) in [6.07, 6.45) is 0. The zero-order valence-corrected chi connectivity index (χ0v) is 11.7. The number of hydrogen-bond acceptors (Lipinski definition) is 8. The molecule has 0 saturated carbocycles. The summed E-state index contributed by atoms with van der Waals surface area (Å²) < 4.78 is 5.15. The molecule has 0 bridgehead atoms. The summed E-state index contributed by atoms with van der Waals surface area (Å²) in [5.74, 6) is 1.63. The van der Waals surface area contributed by atoms with Gasteiger partial charge in [-0.05, 0) is 6.92 Å². The van der Waals surface area contributed by atoms with Crippen molar-refractivity contribution < 1.29 is 9.84 Å². The molecule has 8 nitrogen and oxygen atoms in total. The lowest BCUT2D eigenvalue weighted by Crippen LogP contribution is -2.18. The highest BCUT2D eigenvalue weighted by Gasteiger charge is 2.07. The fourth-order valence-corrected chi connectivity index (χ4v) is 1.28. The summed E-state index contributed by atoms with van der Waals surface area (Å²) in [5, 5.41) is 14.7. The average molecular weight is 270 g/mol. The predicted octanol–water partition coefficient (Wildman–Crippen LogP) is -0.210. The Morgan fingerprint density at radius 1 is 1.11 bits per heavy atom. The van der Waals surface area contributed by atoms with Crippen LogP contribution in [-0.4, -0.2) is 67.1 Å². The number of aromatic nitrogens is 3. The average Bonchev–Trinajstić information content (AvgIpc) is 2.38. The molecule has 0 amide bonds. The van der Waals surface area contributed by atoms with E-state index in [1.165, 1.54) is 0 Å². The van der Waals surface area contributed by atoms with Crippen LogP contribution >= 0.6 is 0 Å². The molecule has 8 heteroatoms. The third-order valence-electron chi connectivity index (χ3n) is 2.12. The molecule has 1 rings (SSSR count). The SMILES string of the molecule is CCNc1nc(NCCOCCO)nc(N(C)C)n1. The minimum Gasteiger partial charge on any atom is -0.394 e. The van der Waals surface area contributed by atoms with Gasteiger partial charge in [-0.25, -0.2) is 0 Å². The van der Waals surface area contributed by atoms with Gasteiger partial charge in [0.2, 0.25) is 17.8 Å². The van der Waals surface area contributed by atoms with Gasteiger partial charge >= 0.3 is 0 Å². The molecule has 0 aliphatic heterocycles. The van der Waals surface area contributed by atoms with E-state index in [9.17, 15) is 0 Å². The summed E-state index contributed by atoms with van der Waals surface area (Å²) in [7, 11) is 3.75. The van der Waals surface area contributed by atoms with Gasteiger partial charge in [-0.2, -0.15) is 15.0 Å². The molecule has 3 N–H and O–H groups in total. The highest BCUT2D eigenvalue weighted by atomic mass is 16.5. The van der Waals surface area contributed by atoms with Crippen LogP contribution < -0.4 is 15.5 Å². The molecule has 0 aromatic carbocycles. The van der Waals surface area contributed by atoms with E-state index in [-0.39, 0.29) is 6.61 Å². The standard InChI is InChI=1S/C11H22N6O2/c1-4-12-9-14-10(13-5-7-19-8-6-18)16-11(15-9)17(2)3/h18H,4-8H2,1-3H3,(H2,12,13,14,15,16). The Balaban J connectivity index is 2.60. The number of aliphatic hydroxyl groups excluding tert-OH is 1. The van der Waals surface area contributed by atoms with Crippen molar-refractivity contribution >= 4 is 17.8 Å². The quantitative estimate of drug-likeness (QED) is 0.531. The normalized spacial score (nSPS) is 10.3. The van der Waals surface area contributed by atoms with Gasteiger partial charge in [-0.15, -0.1) is 0 Å². The highest BCUT2D eigenvalue weighted by molar-refractivity contribution is 5.42. The van der Waals surface area contributed by atoms with E-state index in [1.807, 2.05) is 25.9 Å². The van der Waals surface area contributed by atoms with E-state index in [0.29, 0.717) is 37.6 Å². The first kappa shape index (κ1) is 15.4. The van der Waals surface area contributed by atoms with E-state index in [1.54, 1.807) is 0 Å². The lowest BCUT2D eigenvalue weighted by Gasteiger charge is -2.13. The van der Waals surface area contributed by atoms with Crippen molar-refractivity contribution in [2.75, 3.05) is 62.5 Å². The Hall–Kier alpha value is -1.67. The Morgan fingerprint density at radius 2 is 1.79 bits per heavy atom. The summed E-state index contributed by atoms with van der Waals surface area (Å²) in [5.41, 5.74) is 0. The van der Waals surface area contributed by atoms with E-state index in [0.717, 1.165) is 6.54 Å². The molecule has 0 spiro atoms. The topological polar surface area (TPSA) is 95.4 Å². The molecule has 0 aliphatic rings. The Morgan fingerprint density at radius 3 is 2.37 bits per heavy atom. The van der Waals surface area contributed by atoms with Crippen LogP contribution in [0.3, 0.4) is 0 Å². The van der Waals surface area contributed by atoms with Gasteiger partial charge in [0.25, 0.3) is 0 Å². The smallest absolute Gasteiger partial charge is 0.231 e. The van der Waals surface area contributed by atoms with Gasteiger partial charge in [0.05, 0.1) is 19.8 Å². The van der Waals surface area contributed by atoms with Crippen molar-refractivity contribution in [2.24, 2.45) is 0 Å². The third kappa shape index (κ3) is 5.66. The van der Waals surface area contributed by atoms with Crippen LogP contribution in [0.15, 0.2) is 0 Å². The number of nitrogens with one attached hydrogen (secondary N) is 2. The first-order chi connectivity index (χ1) is 9.17. The van der Waals surface area contributed by atoms with Crippen LogP contribution in [-0.2, 0) is 4.74 Å². The Bertz CT molecular complexity index is 374. The van der Waals surface area contributed by atoms with Crippen LogP contribution in [0, 0.1) is 0 Å². The minimum absolute atomic E-state index is 0.0289. The van der Waals surface area contributed by atoms with Gasteiger partial charge in [-0.3, -0.25) is 0 Å². The number of rotatable bonds is 9. The summed E-state index contributed by atoms with van der Waals surface area (Å²) in [6, 6.07) is 0. The van der Waals surface area contributed by atoms with E-state index < -0.39 is 0 Å². The van der Waals surface area contributed by atoms with Gasteiger partial charge < -0.3 is 25.4 Å². The number of nitrogens with zero attached hydrogens (tertiary/aromatic N) is 4. The predicted molar refractivity (Wildman–Crippen MR) is 74.7 cm³/mol. The molecule has 1 aromatic heterocycles. The van der Waals surface area contributed by atoms with Crippen molar-refractivity contribution in [3.05, 3.63) is 0 Å². The van der Waals surface area contributed by atoms with E-state index in [4.69, 9.17) is 9.84 Å². The van der Waals surface area contributed by atoms with Gasteiger partial charge in [-0.1, -0.05) is 0 Å². The summed E-state index contributed by atoms with van der Waals surface area (Å²) in [6.45, 7) is 4.15. The van der Waals surface area contributed by atoms with Crippen molar-refractivity contribution in [2.45, 2.75) is 6.92 Å². The van der Waals surface area contributed by atoms with Crippen LogP contribution in [0.4, 0.5) is 17.8 Å². The highest BCUT2D eigenvalue weighted by Crippen LogP contribution is 2.10. The zero-order valence-electron chi connectivity index (χ0n) is 11.7. The summed E-state index contributed by atoms with van der Waals surface area (Å²) >= 11 is 0. The maximum atomic E-state index is 8.58. The first-order valence-corrected chi connectivity index (χ1v) is 6.27. The number of anilines is 3. The Labute approximate surface area is 113 Å². The lowest BCUT2D eigenvalue weighted by atomic mass is 10.6. The molecule has 0 atom stereocenters. The van der Waals surface area contributed by atoms with Gasteiger partial charge in [0, 0.05) is 27.2 Å². The summed E-state index contributed by atoms with van der Waals surface area (Å²) in [4.78, 5) is 14.6.